The number of nitrogens with one attached hydrogen (secondary N) is 1. The predicted molar refractivity (Wildman–Crippen MR) is 106 cm³/mol. The first-order valence-electron chi connectivity index (χ1n) is 9.23. The Balaban J connectivity index is 1.53. The lowest BCUT2D eigenvalue weighted by molar-refractivity contribution is -0.116. The lowest BCUT2D eigenvalue weighted by atomic mass is 10.1. The number of carbonyl (C=O) groups excluding carboxylic acids is 1. The van der Waals surface area contributed by atoms with Gasteiger partial charge < -0.3 is 14.6 Å². The van der Waals surface area contributed by atoms with E-state index in [1.54, 1.807) is 7.11 Å². The second kappa shape index (κ2) is 9.41. The third-order valence-corrected chi connectivity index (χ3v) is 5.41. The molecule has 2 heterocycles. The standard InChI is InChI=1S/C19H23N5O3S/c1-4-12(5-2)18-22-23-19(28-18)20-15(25)10-11-16-21-17(24-27-16)13-6-8-14(26-3)9-7-13/h6-9,12H,4-5,10-11H2,1-3H3,(H,20,23,25). The van der Waals surface area contributed by atoms with Crippen molar-refractivity contribution in [1.29, 1.82) is 0 Å². The van der Waals surface area contributed by atoms with E-state index in [0.717, 1.165) is 29.2 Å². The molecular weight excluding hydrogens is 378 g/mol. The summed E-state index contributed by atoms with van der Waals surface area (Å²) in [5.41, 5.74) is 0.822. The van der Waals surface area contributed by atoms with E-state index in [1.807, 2.05) is 24.3 Å². The molecule has 0 fully saturated rings. The molecule has 1 amide bonds. The van der Waals surface area contributed by atoms with Crippen LogP contribution in [0.5, 0.6) is 5.75 Å². The van der Waals surface area contributed by atoms with Gasteiger partial charge in [0.1, 0.15) is 10.8 Å². The summed E-state index contributed by atoms with van der Waals surface area (Å²) in [6.07, 6.45) is 2.59. The third kappa shape index (κ3) is 4.92. The monoisotopic (exact) mass is 401 g/mol. The Kier molecular flexibility index (Phi) is 6.70. The van der Waals surface area contributed by atoms with E-state index >= 15 is 0 Å². The summed E-state index contributed by atoms with van der Waals surface area (Å²) in [6, 6.07) is 7.37. The van der Waals surface area contributed by atoms with Gasteiger partial charge in [0.25, 0.3) is 0 Å². The topological polar surface area (TPSA) is 103 Å². The summed E-state index contributed by atoms with van der Waals surface area (Å²) >= 11 is 1.43. The van der Waals surface area contributed by atoms with Crippen molar-refractivity contribution in [3.05, 3.63) is 35.2 Å². The molecule has 3 rings (SSSR count). The second-order valence-corrected chi connectivity index (χ2v) is 7.26. The lowest BCUT2D eigenvalue weighted by Crippen LogP contribution is -2.12. The minimum absolute atomic E-state index is 0.156. The average molecular weight is 401 g/mol. The van der Waals surface area contributed by atoms with Gasteiger partial charge in [-0.05, 0) is 37.1 Å². The molecule has 28 heavy (non-hydrogen) atoms. The van der Waals surface area contributed by atoms with E-state index in [9.17, 15) is 4.79 Å². The second-order valence-electron chi connectivity index (χ2n) is 6.25. The molecule has 1 aromatic carbocycles. The SMILES string of the molecule is CCC(CC)c1nnc(NC(=O)CCc2nc(-c3ccc(OC)cc3)no2)s1. The van der Waals surface area contributed by atoms with Crippen molar-refractivity contribution >= 4 is 22.4 Å². The highest BCUT2D eigenvalue weighted by Gasteiger charge is 2.15. The lowest BCUT2D eigenvalue weighted by Gasteiger charge is -2.05. The number of amides is 1. The van der Waals surface area contributed by atoms with Gasteiger partial charge in [-0.15, -0.1) is 10.2 Å². The van der Waals surface area contributed by atoms with Crippen LogP contribution in [0.4, 0.5) is 5.13 Å². The van der Waals surface area contributed by atoms with Crippen LogP contribution < -0.4 is 10.1 Å². The number of hydrogen-bond acceptors (Lipinski definition) is 8. The Morgan fingerprint density at radius 3 is 2.64 bits per heavy atom. The molecule has 2 aromatic heterocycles. The van der Waals surface area contributed by atoms with Gasteiger partial charge in [-0.3, -0.25) is 4.79 Å². The third-order valence-electron chi connectivity index (χ3n) is 4.40. The van der Waals surface area contributed by atoms with Gasteiger partial charge in [0.15, 0.2) is 0 Å². The van der Waals surface area contributed by atoms with Crippen LogP contribution in [0.3, 0.4) is 0 Å². The minimum Gasteiger partial charge on any atom is -0.497 e. The van der Waals surface area contributed by atoms with Gasteiger partial charge in [0, 0.05) is 24.3 Å². The fraction of sp³-hybridized carbons (Fsp3) is 0.421. The molecule has 0 radical (unpaired) electrons. The molecule has 0 saturated heterocycles. The summed E-state index contributed by atoms with van der Waals surface area (Å²) in [4.78, 5) is 16.5. The fourth-order valence-corrected chi connectivity index (χ4v) is 3.73. The molecule has 9 heteroatoms. The smallest absolute Gasteiger partial charge is 0.227 e. The van der Waals surface area contributed by atoms with E-state index in [4.69, 9.17) is 9.26 Å². The first kappa shape index (κ1) is 19.9. The molecule has 8 nitrogen and oxygen atoms in total. The molecule has 0 bridgehead atoms. The Morgan fingerprint density at radius 1 is 1.21 bits per heavy atom. The predicted octanol–water partition coefficient (Wildman–Crippen LogP) is 4.07. The van der Waals surface area contributed by atoms with Crippen molar-refractivity contribution in [2.75, 3.05) is 12.4 Å². The van der Waals surface area contributed by atoms with Crippen molar-refractivity contribution < 1.29 is 14.1 Å². The number of methoxy groups -OCH3 is 1. The quantitative estimate of drug-likeness (QED) is 0.576. The maximum absolute atomic E-state index is 12.2. The van der Waals surface area contributed by atoms with Crippen LogP contribution in [0.1, 0.15) is 49.9 Å². The van der Waals surface area contributed by atoms with E-state index < -0.39 is 0 Å². The van der Waals surface area contributed by atoms with Gasteiger partial charge in [-0.25, -0.2) is 0 Å². The number of aryl methyl sites for hydroxylation is 1. The van der Waals surface area contributed by atoms with Crippen LogP contribution in [0, 0.1) is 0 Å². The Hall–Kier alpha value is -2.81. The van der Waals surface area contributed by atoms with Crippen molar-refractivity contribution in [3.8, 4) is 17.1 Å². The number of aromatic nitrogens is 4. The molecule has 0 saturated carbocycles. The highest BCUT2D eigenvalue weighted by molar-refractivity contribution is 7.15. The summed E-state index contributed by atoms with van der Waals surface area (Å²) in [5, 5.41) is 16.5. The number of benzene rings is 1. The van der Waals surface area contributed by atoms with Gasteiger partial charge in [-0.2, -0.15) is 4.98 Å². The molecule has 3 aromatic rings. The van der Waals surface area contributed by atoms with Crippen molar-refractivity contribution in [2.45, 2.75) is 45.4 Å². The molecular formula is C19H23N5O3S. The first-order chi connectivity index (χ1) is 13.6. The van der Waals surface area contributed by atoms with E-state index in [0.29, 0.717) is 29.2 Å². The molecule has 0 aliphatic rings. The van der Waals surface area contributed by atoms with Crippen molar-refractivity contribution in [1.82, 2.24) is 20.3 Å². The zero-order valence-electron chi connectivity index (χ0n) is 16.1. The molecule has 148 valence electrons. The van der Waals surface area contributed by atoms with Gasteiger partial charge >= 0.3 is 0 Å². The van der Waals surface area contributed by atoms with Crippen LogP contribution in [-0.4, -0.2) is 33.4 Å². The molecule has 0 spiro atoms. The van der Waals surface area contributed by atoms with Crippen LogP contribution in [0.15, 0.2) is 28.8 Å². The number of rotatable bonds is 9. The number of ether oxygens (including phenoxy) is 1. The average Bonchev–Trinajstić information content (AvgIpc) is 3.37. The van der Waals surface area contributed by atoms with Crippen molar-refractivity contribution in [3.63, 3.8) is 0 Å². The zero-order valence-corrected chi connectivity index (χ0v) is 17.0. The van der Waals surface area contributed by atoms with Crippen LogP contribution in [-0.2, 0) is 11.2 Å². The molecule has 0 atom stereocenters. The molecule has 0 unspecified atom stereocenters. The largest absolute Gasteiger partial charge is 0.497 e. The van der Waals surface area contributed by atoms with Crippen LogP contribution >= 0.6 is 11.3 Å². The normalized spacial score (nSPS) is 11.0. The summed E-state index contributed by atoms with van der Waals surface area (Å²) in [7, 11) is 1.61. The molecule has 0 aliphatic carbocycles. The maximum atomic E-state index is 12.2. The van der Waals surface area contributed by atoms with Gasteiger partial charge in [0.05, 0.1) is 7.11 Å². The summed E-state index contributed by atoms with van der Waals surface area (Å²) in [6.45, 7) is 4.25. The number of carbonyl (C=O) groups is 1. The summed E-state index contributed by atoms with van der Waals surface area (Å²) in [5.74, 6) is 1.88. The van der Waals surface area contributed by atoms with Gasteiger partial charge in [0.2, 0.25) is 22.8 Å². The first-order valence-corrected chi connectivity index (χ1v) is 10.0. The molecule has 0 aliphatic heterocycles. The Bertz CT molecular complexity index is 902. The van der Waals surface area contributed by atoms with Crippen LogP contribution in [0.2, 0.25) is 0 Å². The molecule has 1 N–H and O–H groups in total. The Labute approximate surface area is 167 Å². The highest BCUT2D eigenvalue weighted by Crippen LogP contribution is 2.28. The van der Waals surface area contributed by atoms with Crippen molar-refractivity contribution in [2.24, 2.45) is 0 Å². The summed E-state index contributed by atoms with van der Waals surface area (Å²) < 4.78 is 10.4. The highest BCUT2D eigenvalue weighted by atomic mass is 32.1. The van der Waals surface area contributed by atoms with E-state index in [2.05, 4.69) is 39.5 Å². The zero-order chi connectivity index (χ0) is 19.9. The number of hydrogen-bond donors (Lipinski definition) is 1. The Morgan fingerprint density at radius 2 is 1.96 bits per heavy atom. The van der Waals surface area contributed by atoms with E-state index in [-0.39, 0.29) is 12.3 Å². The number of anilines is 1. The van der Waals surface area contributed by atoms with Gasteiger partial charge in [-0.1, -0.05) is 30.3 Å². The fourth-order valence-electron chi connectivity index (χ4n) is 2.70. The maximum Gasteiger partial charge on any atom is 0.227 e. The van der Waals surface area contributed by atoms with E-state index in [1.165, 1.54) is 11.3 Å². The number of nitrogens with zero attached hydrogens (tertiary/aromatic N) is 4. The van der Waals surface area contributed by atoms with Crippen LogP contribution in [0.25, 0.3) is 11.4 Å². The minimum atomic E-state index is -0.156.